The Morgan fingerprint density at radius 3 is 2.67 bits per heavy atom. The largest absolute Gasteiger partial charge is 0.468 e. The Kier molecular flexibility index (Phi) is 4.52. The summed E-state index contributed by atoms with van der Waals surface area (Å²) < 4.78 is 10.2. The van der Waals surface area contributed by atoms with Crippen molar-refractivity contribution in [1.29, 1.82) is 0 Å². The monoisotopic (exact) mass is 343 g/mol. The lowest BCUT2D eigenvalue weighted by Crippen LogP contribution is -2.34. The molecule has 0 spiro atoms. The van der Waals surface area contributed by atoms with Gasteiger partial charge in [0.25, 0.3) is 11.1 Å². The fourth-order valence-electron chi connectivity index (χ4n) is 2.15. The smallest absolute Gasteiger partial charge is 0.325 e. The Hall–Kier alpha value is -2.80. The van der Waals surface area contributed by atoms with Crippen LogP contribution >= 0.6 is 11.8 Å². The average Bonchev–Trinajstić information content (AvgIpc) is 3.16. The molecule has 1 saturated heterocycles. The van der Waals surface area contributed by atoms with Crippen molar-refractivity contribution in [3.8, 4) is 11.3 Å². The van der Waals surface area contributed by atoms with Crippen LogP contribution in [-0.2, 0) is 14.3 Å². The molecular weight excluding hydrogens is 330 g/mol. The molecule has 1 fully saturated rings. The van der Waals surface area contributed by atoms with Gasteiger partial charge in [0.2, 0.25) is 0 Å². The third kappa shape index (κ3) is 3.26. The van der Waals surface area contributed by atoms with Crippen LogP contribution in [0.4, 0.5) is 4.79 Å². The Balaban J connectivity index is 1.80. The molecule has 1 aromatic carbocycles. The van der Waals surface area contributed by atoms with E-state index in [0.717, 1.165) is 22.2 Å². The predicted molar refractivity (Wildman–Crippen MR) is 88.8 cm³/mol. The van der Waals surface area contributed by atoms with Crippen LogP contribution in [0.1, 0.15) is 5.76 Å². The van der Waals surface area contributed by atoms with E-state index in [-0.39, 0.29) is 4.91 Å². The Morgan fingerprint density at radius 1 is 1.21 bits per heavy atom. The van der Waals surface area contributed by atoms with Crippen molar-refractivity contribution in [2.75, 3.05) is 13.7 Å². The standard InChI is InChI=1S/C17H13NO5S/c1-22-15(19)10-18-16(20)14(24-17(18)21)9-12-7-8-13(23-12)11-5-3-2-4-6-11/h2-9H,10H2,1H3/b14-9+. The van der Waals surface area contributed by atoms with Gasteiger partial charge in [-0.15, -0.1) is 0 Å². The summed E-state index contributed by atoms with van der Waals surface area (Å²) >= 11 is 0.765. The summed E-state index contributed by atoms with van der Waals surface area (Å²) in [5.74, 6) is -0.0657. The van der Waals surface area contributed by atoms with Crippen LogP contribution in [-0.4, -0.2) is 35.7 Å². The number of thioether (sulfide) groups is 1. The third-order valence-electron chi connectivity index (χ3n) is 3.35. The van der Waals surface area contributed by atoms with Crippen molar-refractivity contribution < 1.29 is 23.5 Å². The van der Waals surface area contributed by atoms with E-state index in [4.69, 9.17) is 4.42 Å². The van der Waals surface area contributed by atoms with E-state index >= 15 is 0 Å². The van der Waals surface area contributed by atoms with Gasteiger partial charge in [0.15, 0.2) is 0 Å². The molecule has 2 heterocycles. The van der Waals surface area contributed by atoms with E-state index in [0.29, 0.717) is 11.5 Å². The van der Waals surface area contributed by atoms with Gasteiger partial charge in [0.1, 0.15) is 18.1 Å². The van der Waals surface area contributed by atoms with Crippen molar-refractivity contribution in [1.82, 2.24) is 4.90 Å². The van der Waals surface area contributed by atoms with Gasteiger partial charge in [0.05, 0.1) is 12.0 Å². The maximum atomic E-state index is 12.2. The lowest BCUT2D eigenvalue weighted by molar-refractivity contribution is -0.143. The van der Waals surface area contributed by atoms with Crippen LogP contribution in [0, 0.1) is 0 Å². The van der Waals surface area contributed by atoms with E-state index in [9.17, 15) is 14.4 Å². The second-order valence-corrected chi connectivity index (χ2v) is 5.91. The summed E-state index contributed by atoms with van der Waals surface area (Å²) in [5.41, 5.74) is 0.913. The van der Waals surface area contributed by atoms with Crippen molar-refractivity contribution in [2.24, 2.45) is 0 Å². The van der Waals surface area contributed by atoms with Crippen molar-refractivity contribution in [3.05, 3.63) is 53.1 Å². The highest BCUT2D eigenvalue weighted by Gasteiger charge is 2.36. The molecular formula is C17H13NO5S. The molecule has 2 amide bonds. The summed E-state index contributed by atoms with van der Waals surface area (Å²) in [5, 5.41) is -0.508. The van der Waals surface area contributed by atoms with Gasteiger partial charge in [-0.2, -0.15) is 0 Å². The van der Waals surface area contributed by atoms with E-state index < -0.39 is 23.7 Å². The van der Waals surface area contributed by atoms with Gasteiger partial charge in [-0.25, -0.2) is 0 Å². The Labute approximate surface area is 142 Å². The third-order valence-corrected chi connectivity index (χ3v) is 4.25. The van der Waals surface area contributed by atoms with Gasteiger partial charge in [-0.3, -0.25) is 19.3 Å². The number of hydrogen-bond acceptors (Lipinski definition) is 6. The number of nitrogens with zero attached hydrogens (tertiary/aromatic N) is 1. The van der Waals surface area contributed by atoms with E-state index in [1.165, 1.54) is 13.2 Å². The number of furan rings is 1. The predicted octanol–water partition coefficient (Wildman–Crippen LogP) is 3.16. The van der Waals surface area contributed by atoms with Gasteiger partial charge in [0, 0.05) is 11.6 Å². The number of amides is 2. The highest BCUT2D eigenvalue weighted by molar-refractivity contribution is 8.18. The number of carbonyl (C=O) groups excluding carboxylic acids is 3. The van der Waals surface area contributed by atoms with Crippen molar-refractivity contribution >= 4 is 35.0 Å². The molecule has 0 unspecified atom stereocenters. The Morgan fingerprint density at radius 2 is 1.96 bits per heavy atom. The number of methoxy groups -OCH3 is 1. The lowest BCUT2D eigenvalue weighted by Gasteiger charge is -2.09. The quantitative estimate of drug-likeness (QED) is 0.627. The summed E-state index contributed by atoms with van der Waals surface area (Å²) in [7, 11) is 1.20. The van der Waals surface area contributed by atoms with Crippen LogP contribution in [0.25, 0.3) is 17.4 Å². The summed E-state index contributed by atoms with van der Waals surface area (Å²) in [4.78, 5) is 36.4. The van der Waals surface area contributed by atoms with Gasteiger partial charge in [-0.1, -0.05) is 30.3 Å². The number of imide groups is 1. The summed E-state index contributed by atoms with van der Waals surface area (Å²) in [6, 6.07) is 13.0. The Bertz CT molecular complexity index is 825. The first-order valence-electron chi connectivity index (χ1n) is 7.06. The minimum Gasteiger partial charge on any atom is -0.468 e. The molecule has 7 heteroatoms. The molecule has 1 aliphatic rings. The normalized spacial score (nSPS) is 16.0. The van der Waals surface area contributed by atoms with Crippen molar-refractivity contribution in [2.45, 2.75) is 0 Å². The molecule has 6 nitrogen and oxygen atoms in total. The molecule has 1 aliphatic heterocycles. The fourth-order valence-corrected chi connectivity index (χ4v) is 2.97. The number of benzene rings is 1. The number of ether oxygens (including phenoxy) is 1. The first kappa shape index (κ1) is 16.1. The van der Waals surface area contributed by atoms with Gasteiger partial charge in [-0.05, 0) is 23.9 Å². The number of rotatable bonds is 4. The highest BCUT2D eigenvalue weighted by atomic mass is 32.2. The zero-order chi connectivity index (χ0) is 17.1. The van der Waals surface area contributed by atoms with Crippen LogP contribution in [0.3, 0.4) is 0 Å². The molecule has 1 aromatic heterocycles. The molecule has 24 heavy (non-hydrogen) atoms. The molecule has 0 atom stereocenters. The summed E-state index contributed by atoms with van der Waals surface area (Å²) in [6.45, 7) is -0.397. The second-order valence-electron chi connectivity index (χ2n) is 4.91. The first-order valence-corrected chi connectivity index (χ1v) is 7.87. The minimum absolute atomic E-state index is 0.206. The first-order chi connectivity index (χ1) is 11.6. The molecule has 0 bridgehead atoms. The van der Waals surface area contributed by atoms with Crippen LogP contribution < -0.4 is 0 Å². The lowest BCUT2D eigenvalue weighted by atomic mass is 10.2. The van der Waals surface area contributed by atoms with Crippen LogP contribution in [0.15, 0.2) is 51.8 Å². The molecule has 0 radical (unpaired) electrons. The summed E-state index contributed by atoms with van der Waals surface area (Å²) in [6.07, 6.45) is 1.49. The van der Waals surface area contributed by atoms with Crippen molar-refractivity contribution in [3.63, 3.8) is 0 Å². The molecule has 0 saturated carbocycles. The number of carbonyl (C=O) groups is 3. The molecule has 0 N–H and O–H groups in total. The van der Waals surface area contributed by atoms with Crippen LogP contribution in [0.2, 0.25) is 0 Å². The highest BCUT2D eigenvalue weighted by Crippen LogP contribution is 2.33. The number of esters is 1. The molecule has 122 valence electrons. The van der Waals surface area contributed by atoms with E-state index in [2.05, 4.69) is 4.74 Å². The molecule has 3 rings (SSSR count). The average molecular weight is 343 g/mol. The van der Waals surface area contributed by atoms with E-state index in [1.54, 1.807) is 12.1 Å². The molecule has 2 aromatic rings. The van der Waals surface area contributed by atoms with Crippen LogP contribution in [0.5, 0.6) is 0 Å². The number of hydrogen-bond donors (Lipinski definition) is 0. The second kappa shape index (κ2) is 6.76. The fraction of sp³-hybridized carbons (Fsp3) is 0.118. The van der Waals surface area contributed by atoms with Gasteiger partial charge >= 0.3 is 5.97 Å². The zero-order valence-electron chi connectivity index (χ0n) is 12.7. The van der Waals surface area contributed by atoms with Gasteiger partial charge < -0.3 is 9.15 Å². The maximum absolute atomic E-state index is 12.2. The zero-order valence-corrected chi connectivity index (χ0v) is 13.5. The SMILES string of the molecule is COC(=O)CN1C(=O)S/C(=C/c2ccc(-c3ccccc3)o2)C1=O. The maximum Gasteiger partial charge on any atom is 0.325 e. The molecule has 0 aliphatic carbocycles. The topological polar surface area (TPSA) is 76.8 Å². The minimum atomic E-state index is -0.650. The van der Waals surface area contributed by atoms with E-state index in [1.807, 2.05) is 30.3 Å².